The maximum atomic E-state index is 2.33. The lowest BCUT2D eigenvalue weighted by molar-refractivity contribution is 1.61. The third-order valence-electron chi connectivity index (χ3n) is 6.25. The first-order valence-electron chi connectivity index (χ1n) is 11.0. The molecule has 0 aromatic heterocycles. The predicted molar refractivity (Wildman–Crippen MR) is 138 cm³/mol. The molecule has 0 spiro atoms. The smallest absolute Gasteiger partial charge is 0.00262 e. The summed E-state index contributed by atoms with van der Waals surface area (Å²) in [4.78, 5) is 0. The van der Waals surface area contributed by atoms with Crippen molar-refractivity contribution in [3.63, 3.8) is 0 Å². The first-order valence-corrected chi connectivity index (χ1v) is 11.0. The van der Waals surface area contributed by atoms with Gasteiger partial charge in [0.15, 0.2) is 0 Å². The van der Waals surface area contributed by atoms with E-state index >= 15 is 0 Å². The maximum Gasteiger partial charge on any atom is -0.00262 e. The second kappa shape index (κ2) is 7.83. The van der Waals surface area contributed by atoms with Crippen LogP contribution in [0, 0.1) is 0 Å². The van der Waals surface area contributed by atoms with Crippen LogP contribution in [0.1, 0.15) is 0 Å². The molecule has 0 N–H and O–H groups in total. The highest BCUT2D eigenvalue weighted by molar-refractivity contribution is 6.21. The topological polar surface area (TPSA) is 0 Å². The molecule has 0 aliphatic rings. The molecule has 0 saturated heterocycles. The van der Waals surface area contributed by atoms with E-state index in [9.17, 15) is 0 Å². The molecule has 6 aromatic carbocycles. The van der Waals surface area contributed by atoms with Gasteiger partial charge in [0.25, 0.3) is 0 Å². The van der Waals surface area contributed by atoms with Crippen molar-refractivity contribution in [2.75, 3.05) is 0 Å². The summed E-state index contributed by atoms with van der Waals surface area (Å²) in [5.74, 6) is 0. The monoisotopic (exact) mass is 406 g/mol. The average molecular weight is 407 g/mol. The van der Waals surface area contributed by atoms with Crippen molar-refractivity contribution in [2.24, 2.45) is 0 Å². The number of rotatable bonds is 3. The van der Waals surface area contributed by atoms with Crippen molar-refractivity contribution in [2.45, 2.75) is 0 Å². The molecule has 0 radical (unpaired) electrons. The van der Waals surface area contributed by atoms with Crippen LogP contribution in [-0.4, -0.2) is 0 Å². The second-order valence-corrected chi connectivity index (χ2v) is 8.15. The van der Waals surface area contributed by atoms with Crippen molar-refractivity contribution in [1.82, 2.24) is 0 Å². The third kappa shape index (κ3) is 3.09. The molecular weight excluding hydrogens is 384 g/mol. The van der Waals surface area contributed by atoms with E-state index in [1.165, 1.54) is 54.9 Å². The Morgan fingerprint density at radius 1 is 0.250 bits per heavy atom. The summed E-state index contributed by atoms with van der Waals surface area (Å²) in [5.41, 5.74) is 7.59. The molecule has 0 heteroatoms. The van der Waals surface area contributed by atoms with E-state index in [2.05, 4.69) is 133 Å². The molecule has 0 aliphatic heterocycles. The van der Waals surface area contributed by atoms with Crippen LogP contribution in [0.25, 0.3) is 54.9 Å². The molecule has 0 aliphatic carbocycles. The van der Waals surface area contributed by atoms with Gasteiger partial charge >= 0.3 is 0 Å². The van der Waals surface area contributed by atoms with Gasteiger partial charge in [0.2, 0.25) is 0 Å². The molecule has 0 atom stereocenters. The summed E-state index contributed by atoms with van der Waals surface area (Å²) in [5, 5.41) is 5.15. The zero-order chi connectivity index (χ0) is 21.3. The van der Waals surface area contributed by atoms with E-state index in [0.29, 0.717) is 0 Å². The molecule has 6 aromatic rings. The first kappa shape index (κ1) is 18.6. The van der Waals surface area contributed by atoms with E-state index in [4.69, 9.17) is 0 Å². The number of fused-ring (bicyclic) bond motifs is 2. The molecule has 6 rings (SSSR count). The van der Waals surface area contributed by atoms with Crippen molar-refractivity contribution in [1.29, 1.82) is 0 Å². The lowest BCUT2D eigenvalue weighted by atomic mass is 9.85. The van der Waals surface area contributed by atoms with Crippen LogP contribution in [-0.2, 0) is 0 Å². The molecule has 0 heterocycles. The van der Waals surface area contributed by atoms with Gasteiger partial charge in [-0.3, -0.25) is 0 Å². The van der Waals surface area contributed by atoms with Gasteiger partial charge in [-0.05, 0) is 61.0 Å². The van der Waals surface area contributed by atoms with E-state index in [-0.39, 0.29) is 0 Å². The van der Waals surface area contributed by atoms with Gasteiger partial charge in [0.1, 0.15) is 0 Å². The minimum absolute atomic E-state index is 1.24. The quantitative estimate of drug-likeness (QED) is 0.257. The molecule has 0 nitrogen and oxygen atoms in total. The summed E-state index contributed by atoms with van der Waals surface area (Å²) >= 11 is 0. The minimum atomic E-state index is 1.24. The van der Waals surface area contributed by atoms with Crippen molar-refractivity contribution in [3.8, 4) is 33.4 Å². The van der Waals surface area contributed by atoms with Crippen molar-refractivity contribution < 1.29 is 0 Å². The lowest BCUT2D eigenvalue weighted by Gasteiger charge is -2.18. The van der Waals surface area contributed by atoms with E-state index in [1.54, 1.807) is 0 Å². The largest absolute Gasteiger partial charge is 0.0622 e. The highest BCUT2D eigenvalue weighted by Gasteiger charge is 2.16. The number of hydrogen-bond acceptors (Lipinski definition) is 0. The lowest BCUT2D eigenvalue weighted by Crippen LogP contribution is -1.91. The zero-order valence-electron chi connectivity index (χ0n) is 17.7. The highest BCUT2D eigenvalue weighted by Crippen LogP contribution is 2.43. The average Bonchev–Trinajstić information content (AvgIpc) is 2.88. The molecule has 150 valence electrons. The van der Waals surface area contributed by atoms with Crippen LogP contribution in [0.4, 0.5) is 0 Å². The summed E-state index contributed by atoms with van der Waals surface area (Å²) in [6.07, 6.45) is 0. The summed E-state index contributed by atoms with van der Waals surface area (Å²) in [7, 11) is 0. The molecule has 32 heavy (non-hydrogen) atoms. The molecule has 0 fully saturated rings. The van der Waals surface area contributed by atoms with Gasteiger partial charge < -0.3 is 0 Å². The summed E-state index contributed by atoms with van der Waals surface area (Å²) in [6.45, 7) is 0. The van der Waals surface area contributed by atoms with Gasteiger partial charge in [0, 0.05) is 0 Å². The van der Waals surface area contributed by atoms with Crippen molar-refractivity contribution >= 4 is 21.5 Å². The third-order valence-corrected chi connectivity index (χ3v) is 6.25. The van der Waals surface area contributed by atoms with Crippen LogP contribution in [0.2, 0.25) is 0 Å². The Labute approximate surface area is 188 Å². The van der Waals surface area contributed by atoms with Gasteiger partial charge in [0.05, 0.1) is 0 Å². The molecule has 0 amide bonds. The van der Waals surface area contributed by atoms with E-state index < -0.39 is 0 Å². The Kier molecular flexibility index (Phi) is 4.55. The molecule has 0 saturated carbocycles. The molecule has 0 unspecified atom stereocenters. The fraction of sp³-hybridized carbons (Fsp3) is 0. The van der Waals surface area contributed by atoms with Gasteiger partial charge in [-0.2, -0.15) is 0 Å². The second-order valence-electron chi connectivity index (χ2n) is 8.15. The Morgan fingerprint density at radius 2 is 0.625 bits per heavy atom. The Hall–Kier alpha value is -4.16. The zero-order valence-corrected chi connectivity index (χ0v) is 17.7. The standard InChI is InChI=1S/C32H22/c1-3-12-23(13-4-1)25-16-11-17-26(22-25)32-29-20-9-7-18-27(29)31(24-14-5-2-6-15-24)28-19-8-10-21-30(28)32/h1-22H. The number of benzene rings is 6. The van der Waals surface area contributed by atoms with Crippen molar-refractivity contribution in [3.05, 3.63) is 133 Å². The summed E-state index contributed by atoms with van der Waals surface area (Å²) < 4.78 is 0. The van der Waals surface area contributed by atoms with Crippen LogP contribution in [0.5, 0.6) is 0 Å². The Morgan fingerprint density at radius 3 is 1.16 bits per heavy atom. The number of hydrogen-bond donors (Lipinski definition) is 0. The normalized spacial score (nSPS) is 11.1. The fourth-order valence-electron chi connectivity index (χ4n) is 4.84. The SMILES string of the molecule is c1ccc(-c2cccc(-c3c4ccccc4c(-c4ccccc4)c4ccccc34)c2)cc1. The molecular formula is C32H22. The predicted octanol–water partition coefficient (Wildman–Crippen LogP) is 8.99. The van der Waals surface area contributed by atoms with Crippen LogP contribution in [0.3, 0.4) is 0 Å². The molecule has 0 bridgehead atoms. The maximum absolute atomic E-state index is 2.33. The van der Waals surface area contributed by atoms with Gasteiger partial charge in [-0.1, -0.05) is 127 Å². The highest BCUT2D eigenvalue weighted by atomic mass is 14.2. The van der Waals surface area contributed by atoms with Crippen LogP contribution in [0.15, 0.2) is 133 Å². The first-order chi connectivity index (χ1) is 15.9. The van der Waals surface area contributed by atoms with Gasteiger partial charge in [-0.15, -0.1) is 0 Å². The fourth-order valence-corrected chi connectivity index (χ4v) is 4.84. The van der Waals surface area contributed by atoms with Crippen LogP contribution < -0.4 is 0 Å². The van der Waals surface area contributed by atoms with Crippen LogP contribution >= 0.6 is 0 Å². The van der Waals surface area contributed by atoms with E-state index in [1.807, 2.05) is 0 Å². The van der Waals surface area contributed by atoms with E-state index in [0.717, 1.165) is 0 Å². The van der Waals surface area contributed by atoms with Gasteiger partial charge in [-0.25, -0.2) is 0 Å². The minimum Gasteiger partial charge on any atom is -0.0622 e. The Balaban J connectivity index is 1.71. The summed E-state index contributed by atoms with van der Waals surface area (Å²) in [6, 6.07) is 47.9. The Bertz CT molecular complexity index is 1490.